The highest BCUT2D eigenvalue weighted by atomic mass is 16.3. The van der Waals surface area contributed by atoms with Crippen LogP contribution in [0.2, 0.25) is 0 Å². The van der Waals surface area contributed by atoms with Crippen molar-refractivity contribution in [2.24, 2.45) is 0 Å². The molecular weight excluding hydrogens is 154 g/mol. The number of benzene rings is 1. The Balaban J connectivity index is 3.60. The maximum atomic E-state index is 9.50. The van der Waals surface area contributed by atoms with E-state index in [9.17, 15) is 10.2 Å². The Labute approximate surface area is 71.5 Å². The van der Waals surface area contributed by atoms with Gasteiger partial charge >= 0.3 is 0 Å². The number of hydrogen-bond donors (Lipinski definition) is 3. The molecular formula is C9H13NO2. The second-order valence-electron chi connectivity index (χ2n) is 2.99. The van der Waals surface area contributed by atoms with E-state index in [1.54, 1.807) is 20.8 Å². The third kappa shape index (κ3) is 0.978. The van der Waals surface area contributed by atoms with Crippen LogP contribution in [0.3, 0.4) is 0 Å². The van der Waals surface area contributed by atoms with E-state index < -0.39 is 0 Å². The van der Waals surface area contributed by atoms with Crippen LogP contribution in [0.5, 0.6) is 11.5 Å². The molecule has 0 saturated carbocycles. The van der Waals surface area contributed by atoms with Gasteiger partial charge in [0, 0.05) is 5.56 Å². The molecule has 1 aromatic carbocycles. The van der Waals surface area contributed by atoms with Crippen molar-refractivity contribution in [1.29, 1.82) is 0 Å². The monoisotopic (exact) mass is 167 g/mol. The van der Waals surface area contributed by atoms with Gasteiger partial charge in [-0.05, 0) is 31.9 Å². The van der Waals surface area contributed by atoms with Crippen LogP contribution in [-0.2, 0) is 0 Å². The molecule has 0 bridgehead atoms. The van der Waals surface area contributed by atoms with Crippen LogP contribution < -0.4 is 5.73 Å². The molecule has 0 aliphatic carbocycles. The fourth-order valence-electron chi connectivity index (χ4n) is 1.14. The van der Waals surface area contributed by atoms with Crippen molar-refractivity contribution >= 4 is 5.69 Å². The number of phenols is 2. The summed E-state index contributed by atoms with van der Waals surface area (Å²) in [6.45, 7) is 5.15. The first kappa shape index (κ1) is 8.71. The predicted octanol–water partition coefficient (Wildman–Crippen LogP) is 1.61. The smallest absolute Gasteiger partial charge is 0.142 e. The van der Waals surface area contributed by atoms with Crippen LogP contribution in [0.15, 0.2) is 0 Å². The maximum absolute atomic E-state index is 9.50. The van der Waals surface area contributed by atoms with Gasteiger partial charge in [-0.3, -0.25) is 0 Å². The average molecular weight is 167 g/mol. The molecule has 0 fully saturated rings. The number of anilines is 1. The summed E-state index contributed by atoms with van der Waals surface area (Å²) < 4.78 is 0. The van der Waals surface area contributed by atoms with E-state index in [0.717, 1.165) is 0 Å². The molecule has 0 amide bonds. The predicted molar refractivity (Wildman–Crippen MR) is 48.4 cm³/mol. The number of rotatable bonds is 0. The molecule has 0 spiro atoms. The Hall–Kier alpha value is -1.38. The minimum atomic E-state index is 0.0720. The first-order valence-corrected chi connectivity index (χ1v) is 3.74. The highest BCUT2D eigenvalue weighted by Gasteiger charge is 2.13. The minimum Gasteiger partial charge on any atom is -0.507 e. The molecule has 1 rings (SSSR count). The Bertz CT molecular complexity index is 227. The largest absolute Gasteiger partial charge is 0.507 e. The minimum absolute atomic E-state index is 0.0720. The molecule has 4 N–H and O–H groups in total. The molecule has 0 saturated heterocycles. The number of nitrogen functional groups attached to an aromatic ring is 1. The Morgan fingerprint density at radius 2 is 1.25 bits per heavy atom. The SMILES string of the molecule is Cc1c(C)c(O)c(N)c(C)c1O. The quantitative estimate of drug-likeness (QED) is 0.312. The van der Waals surface area contributed by atoms with Crippen LogP contribution >= 0.6 is 0 Å². The second kappa shape index (κ2) is 2.59. The van der Waals surface area contributed by atoms with Crippen molar-refractivity contribution in [1.82, 2.24) is 0 Å². The summed E-state index contributed by atoms with van der Waals surface area (Å²) in [7, 11) is 0. The molecule has 0 aromatic heterocycles. The fraction of sp³-hybridized carbons (Fsp3) is 0.333. The third-order valence-electron chi connectivity index (χ3n) is 2.29. The number of hydrogen-bond acceptors (Lipinski definition) is 3. The highest BCUT2D eigenvalue weighted by Crippen LogP contribution is 2.37. The molecule has 3 nitrogen and oxygen atoms in total. The summed E-state index contributed by atoms with van der Waals surface area (Å²) in [5, 5.41) is 19.0. The molecule has 0 atom stereocenters. The zero-order valence-corrected chi connectivity index (χ0v) is 7.47. The molecule has 12 heavy (non-hydrogen) atoms. The van der Waals surface area contributed by atoms with Crippen molar-refractivity contribution in [3.8, 4) is 11.5 Å². The van der Waals surface area contributed by atoms with Gasteiger partial charge in [-0.1, -0.05) is 0 Å². The van der Waals surface area contributed by atoms with E-state index in [1.807, 2.05) is 0 Å². The van der Waals surface area contributed by atoms with Crippen LogP contribution in [0.4, 0.5) is 5.69 Å². The lowest BCUT2D eigenvalue weighted by Crippen LogP contribution is -1.95. The van der Waals surface area contributed by atoms with Gasteiger partial charge in [-0.25, -0.2) is 0 Å². The summed E-state index contributed by atoms with van der Waals surface area (Å²) in [6.07, 6.45) is 0. The Kier molecular flexibility index (Phi) is 1.88. The van der Waals surface area contributed by atoms with Gasteiger partial charge < -0.3 is 15.9 Å². The summed E-state index contributed by atoms with van der Waals surface area (Å²) >= 11 is 0. The van der Waals surface area contributed by atoms with Gasteiger partial charge in [-0.2, -0.15) is 0 Å². The molecule has 0 unspecified atom stereocenters. The average Bonchev–Trinajstić information content (AvgIpc) is 2.08. The topological polar surface area (TPSA) is 66.5 Å². The molecule has 0 radical (unpaired) electrons. The first-order chi connectivity index (χ1) is 5.46. The van der Waals surface area contributed by atoms with E-state index in [1.165, 1.54) is 0 Å². The van der Waals surface area contributed by atoms with Crippen LogP contribution in [0, 0.1) is 20.8 Å². The number of nitrogens with two attached hydrogens (primary N) is 1. The van der Waals surface area contributed by atoms with Crippen molar-refractivity contribution in [2.45, 2.75) is 20.8 Å². The molecule has 3 heteroatoms. The summed E-state index contributed by atoms with van der Waals surface area (Å²) in [5.74, 6) is 0.241. The van der Waals surface area contributed by atoms with Gasteiger partial charge in [0.25, 0.3) is 0 Å². The van der Waals surface area contributed by atoms with Crippen molar-refractivity contribution in [2.75, 3.05) is 5.73 Å². The van der Waals surface area contributed by atoms with Gasteiger partial charge in [0.1, 0.15) is 11.5 Å². The van der Waals surface area contributed by atoms with Gasteiger partial charge in [-0.15, -0.1) is 0 Å². The third-order valence-corrected chi connectivity index (χ3v) is 2.29. The molecule has 0 aliphatic rings. The van der Waals surface area contributed by atoms with E-state index in [0.29, 0.717) is 16.7 Å². The van der Waals surface area contributed by atoms with E-state index in [2.05, 4.69) is 0 Å². The van der Waals surface area contributed by atoms with Crippen molar-refractivity contribution < 1.29 is 10.2 Å². The van der Waals surface area contributed by atoms with E-state index >= 15 is 0 Å². The summed E-state index contributed by atoms with van der Waals surface area (Å²) in [4.78, 5) is 0. The van der Waals surface area contributed by atoms with Gasteiger partial charge in [0.05, 0.1) is 5.69 Å². The molecule has 66 valence electrons. The Morgan fingerprint density at radius 1 is 0.833 bits per heavy atom. The lowest BCUT2D eigenvalue weighted by molar-refractivity contribution is 0.452. The van der Waals surface area contributed by atoms with Crippen LogP contribution in [-0.4, -0.2) is 10.2 Å². The lowest BCUT2D eigenvalue weighted by atomic mass is 10.0. The van der Waals surface area contributed by atoms with Crippen molar-refractivity contribution in [3.05, 3.63) is 16.7 Å². The maximum Gasteiger partial charge on any atom is 0.142 e. The zero-order chi connectivity index (χ0) is 9.46. The molecule has 0 aliphatic heterocycles. The second-order valence-corrected chi connectivity index (χ2v) is 2.99. The Morgan fingerprint density at radius 3 is 1.75 bits per heavy atom. The highest BCUT2D eigenvalue weighted by molar-refractivity contribution is 5.68. The zero-order valence-electron chi connectivity index (χ0n) is 7.47. The first-order valence-electron chi connectivity index (χ1n) is 3.74. The molecule has 0 heterocycles. The summed E-state index contributed by atoms with van der Waals surface area (Å²) in [5.41, 5.74) is 7.65. The standard InChI is InChI=1S/C9H13NO2/c1-4-5(2)9(12)7(10)6(3)8(4)11/h11-12H,10H2,1-3H3. The van der Waals surface area contributed by atoms with Gasteiger partial charge in [0.2, 0.25) is 0 Å². The van der Waals surface area contributed by atoms with Crippen molar-refractivity contribution in [3.63, 3.8) is 0 Å². The van der Waals surface area contributed by atoms with Gasteiger partial charge in [0.15, 0.2) is 0 Å². The van der Waals surface area contributed by atoms with E-state index in [4.69, 9.17) is 5.73 Å². The fourth-order valence-corrected chi connectivity index (χ4v) is 1.14. The van der Waals surface area contributed by atoms with E-state index in [-0.39, 0.29) is 17.2 Å². The lowest BCUT2D eigenvalue weighted by Gasteiger charge is -2.12. The number of phenolic OH excluding ortho intramolecular Hbond substituents is 2. The number of aromatic hydroxyl groups is 2. The summed E-state index contributed by atoms with van der Waals surface area (Å²) in [6, 6.07) is 0. The van der Waals surface area contributed by atoms with Crippen LogP contribution in [0.1, 0.15) is 16.7 Å². The normalized spacial score (nSPS) is 10.2. The molecule has 1 aromatic rings. The van der Waals surface area contributed by atoms with Crippen LogP contribution in [0.25, 0.3) is 0 Å².